The lowest BCUT2D eigenvalue weighted by molar-refractivity contribution is -0.385. The molecule has 0 aliphatic heterocycles. The van der Waals surface area contributed by atoms with E-state index < -0.39 is 0 Å². The molecule has 0 amide bonds. The molecular weight excluding hydrogens is 300 g/mol. The van der Waals surface area contributed by atoms with E-state index in [9.17, 15) is 10.1 Å². The molecular formula is C12H17BrN2O3. The van der Waals surface area contributed by atoms with Crippen molar-refractivity contribution in [3.63, 3.8) is 0 Å². The second-order valence-electron chi connectivity index (χ2n) is 4.70. The van der Waals surface area contributed by atoms with E-state index in [2.05, 4.69) is 21.2 Å². The predicted octanol–water partition coefficient (Wildman–Crippen LogP) is 2.87. The third kappa shape index (κ3) is 4.36. The Morgan fingerprint density at radius 2 is 2.17 bits per heavy atom. The van der Waals surface area contributed by atoms with Crippen LogP contribution in [0.1, 0.15) is 19.4 Å². The number of nitro benzene ring substituents is 1. The SMILES string of the molecule is COCC(C)(C)NCc1cc(Br)ccc1[N+](=O)[O-]. The fraction of sp³-hybridized carbons (Fsp3) is 0.500. The topological polar surface area (TPSA) is 64.4 Å². The molecule has 1 aromatic carbocycles. The van der Waals surface area contributed by atoms with Gasteiger partial charge in [0.25, 0.3) is 5.69 Å². The maximum absolute atomic E-state index is 10.9. The summed E-state index contributed by atoms with van der Waals surface area (Å²) in [6, 6.07) is 4.93. The minimum absolute atomic E-state index is 0.124. The number of methoxy groups -OCH3 is 1. The van der Waals surface area contributed by atoms with Crippen molar-refractivity contribution in [2.75, 3.05) is 13.7 Å². The highest BCUT2D eigenvalue weighted by Crippen LogP contribution is 2.23. The Hall–Kier alpha value is -0.980. The van der Waals surface area contributed by atoms with Gasteiger partial charge in [-0.1, -0.05) is 15.9 Å². The van der Waals surface area contributed by atoms with Crippen LogP contribution in [0.25, 0.3) is 0 Å². The van der Waals surface area contributed by atoms with Crippen molar-refractivity contribution < 1.29 is 9.66 Å². The molecule has 0 fully saturated rings. The van der Waals surface area contributed by atoms with Crippen LogP contribution < -0.4 is 5.32 Å². The number of nitro groups is 1. The average Bonchev–Trinajstić information content (AvgIpc) is 2.26. The number of ether oxygens (including phenoxy) is 1. The van der Waals surface area contributed by atoms with Gasteiger partial charge in [-0.2, -0.15) is 0 Å². The van der Waals surface area contributed by atoms with E-state index in [1.807, 2.05) is 13.8 Å². The van der Waals surface area contributed by atoms with Gasteiger partial charge in [-0.3, -0.25) is 10.1 Å². The Morgan fingerprint density at radius 1 is 1.50 bits per heavy atom. The van der Waals surface area contributed by atoms with Gasteiger partial charge in [0, 0.05) is 35.3 Å². The molecule has 0 saturated carbocycles. The van der Waals surface area contributed by atoms with E-state index in [4.69, 9.17) is 4.74 Å². The number of rotatable bonds is 6. The summed E-state index contributed by atoms with van der Waals surface area (Å²) in [4.78, 5) is 10.6. The number of nitrogens with one attached hydrogen (secondary N) is 1. The molecule has 0 heterocycles. The third-order valence-corrected chi connectivity index (χ3v) is 2.99. The molecule has 1 aromatic rings. The zero-order valence-corrected chi connectivity index (χ0v) is 12.3. The summed E-state index contributed by atoms with van der Waals surface area (Å²) in [6.45, 7) is 4.93. The number of hydrogen-bond acceptors (Lipinski definition) is 4. The second kappa shape index (κ2) is 6.26. The van der Waals surface area contributed by atoms with Crippen LogP contribution in [0.15, 0.2) is 22.7 Å². The molecule has 18 heavy (non-hydrogen) atoms. The van der Waals surface area contributed by atoms with Gasteiger partial charge in [0.15, 0.2) is 0 Å². The summed E-state index contributed by atoms with van der Waals surface area (Å²) in [5.41, 5.74) is 0.544. The summed E-state index contributed by atoms with van der Waals surface area (Å²) in [5, 5.41) is 14.2. The molecule has 0 bridgehead atoms. The highest BCUT2D eigenvalue weighted by molar-refractivity contribution is 9.10. The average molecular weight is 317 g/mol. The third-order valence-electron chi connectivity index (χ3n) is 2.50. The first-order chi connectivity index (χ1) is 8.35. The standard InChI is InChI=1S/C12H17BrN2O3/c1-12(2,8-18-3)14-7-9-6-10(13)4-5-11(9)15(16)17/h4-6,14H,7-8H2,1-3H3. The first kappa shape index (κ1) is 15.1. The highest BCUT2D eigenvalue weighted by atomic mass is 79.9. The molecule has 1 N–H and O–H groups in total. The molecule has 0 radical (unpaired) electrons. The molecule has 0 spiro atoms. The molecule has 0 saturated heterocycles. The first-order valence-electron chi connectivity index (χ1n) is 5.52. The number of halogens is 1. The monoisotopic (exact) mass is 316 g/mol. The van der Waals surface area contributed by atoms with Crippen LogP contribution in [-0.2, 0) is 11.3 Å². The molecule has 0 aliphatic rings. The van der Waals surface area contributed by atoms with Crippen molar-refractivity contribution in [3.8, 4) is 0 Å². The van der Waals surface area contributed by atoms with Crippen LogP contribution >= 0.6 is 15.9 Å². The van der Waals surface area contributed by atoms with E-state index in [1.165, 1.54) is 6.07 Å². The highest BCUT2D eigenvalue weighted by Gasteiger charge is 2.19. The summed E-state index contributed by atoms with van der Waals surface area (Å²) in [7, 11) is 1.63. The summed E-state index contributed by atoms with van der Waals surface area (Å²) in [6.07, 6.45) is 0. The van der Waals surface area contributed by atoms with E-state index in [1.54, 1.807) is 19.2 Å². The second-order valence-corrected chi connectivity index (χ2v) is 5.62. The van der Waals surface area contributed by atoms with Gasteiger partial charge in [-0.15, -0.1) is 0 Å². The first-order valence-corrected chi connectivity index (χ1v) is 6.32. The molecule has 0 aliphatic carbocycles. The lowest BCUT2D eigenvalue weighted by Gasteiger charge is -2.25. The van der Waals surface area contributed by atoms with Crippen molar-refractivity contribution in [2.45, 2.75) is 25.9 Å². The van der Waals surface area contributed by atoms with Crippen molar-refractivity contribution in [2.24, 2.45) is 0 Å². The summed E-state index contributed by atoms with van der Waals surface area (Å²) in [5.74, 6) is 0. The minimum Gasteiger partial charge on any atom is -0.383 e. The zero-order valence-electron chi connectivity index (χ0n) is 10.7. The maximum Gasteiger partial charge on any atom is 0.273 e. The van der Waals surface area contributed by atoms with Crippen molar-refractivity contribution >= 4 is 21.6 Å². The van der Waals surface area contributed by atoms with Gasteiger partial charge in [0.2, 0.25) is 0 Å². The number of benzene rings is 1. The Bertz CT molecular complexity index is 435. The van der Waals surface area contributed by atoms with Crippen LogP contribution in [0.3, 0.4) is 0 Å². The molecule has 5 nitrogen and oxygen atoms in total. The Kier molecular flexibility index (Phi) is 5.25. The van der Waals surface area contributed by atoms with Crippen LogP contribution in [0.5, 0.6) is 0 Å². The largest absolute Gasteiger partial charge is 0.383 e. The number of hydrogen-bond donors (Lipinski definition) is 1. The van der Waals surface area contributed by atoms with Gasteiger partial charge in [0.1, 0.15) is 0 Å². The van der Waals surface area contributed by atoms with Crippen LogP contribution in [0.2, 0.25) is 0 Å². The summed E-state index contributed by atoms with van der Waals surface area (Å²) < 4.78 is 5.92. The Morgan fingerprint density at radius 3 is 2.72 bits per heavy atom. The van der Waals surface area contributed by atoms with Crippen LogP contribution in [0, 0.1) is 10.1 Å². The van der Waals surface area contributed by atoms with Crippen LogP contribution in [0.4, 0.5) is 5.69 Å². The lowest BCUT2D eigenvalue weighted by Crippen LogP contribution is -2.42. The van der Waals surface area contributed by atoms with Gasteiger partial charge in [-0.05, 0) is 26.0 Å². The summed E-state index contributed by atoms with van der Waals surface area (Å²) >= 11 is 3.32. The van der Waals surface area contributed by atoms with E-state index >= 15 is 0 Å². The van der Waals surface area contributed by atoms with Crippen molar-refractivity contribution in [1.29, 1.82) is 0 Å². The molecule has 100 valence electrons. The fourth-order valence-electron chi connectivity index (χ4n) is 1.62. The van der Waals surface area contributed by atoms with Crippen molar-refractivity contribution in [3.05, 3.63) is 38.3 Å². The fourth-order valence-corrected chi connectivity index (χ4v) is 2.03. The molecule has 0 aromatic heterocycles. The van der Waals surface area contributed by atoms with E-state index in [0.29, 0.717) is 18.7 Å². The minimum atomic E-state index is -0.368. The van der Waals surface area contributed by atoms with E-state index in [-0.39, 0.29) is 16.1 Å². The molecule has 1 rings (SSSR count). The quantitative estimate of drug-likeness (QED) is 0.647. The van der Waals surface area contributed by atoms with Gasteiger partial charge in [-0.25, -0.2) is 0 Å². The molecule has 6 heteroatoms. The maximum atomic E-state index is 10.9. The van der Waals surface area contributed by atoms with E-state index in [0.717, 1.165) is 4.47 Å². The Balaban J connectivity index is 2.83. The van der Waals surface area contributed by atoms with Gasteiger partial charge >= 0.3 is 0 Å². The Labute approximate surface area is 115 Å². The predicted molar refractivity (Wildman–Crippen MR) is 73.6 cm³/mol. The van der Waals surface area contributed by atoms with Crippen LogP contribution in [-0.4, -0.2) is 24.2 Å². The van der Waals surface area contributed by atoms with Crippen molar-refractivity contribution in [1.82, 2.24) is 5.32 Å². The van der Waals surface area contributed by atoms with Gasteiger partial charge < -0.3 is 10.1 Å². The lowest BCUT2D eigenvalue weighted by atomic mass is 10.1. The number of nitrogens with zero attached hydrogens (tertiary/aromatic N) is 1. The normalized spacial score (nSPS) is 11.6. The zero-order chi connectivity index (χ0) is 13.8. The van der Waals surface area contributed by atoms with Gasteiger partial charge in [0.05, 0.1) is 11.5 Å². The molecule has 0 atom stereocenters. The molecule has 0 unspecified atom stereocenters. The smallest absolute Gasteiger partial charge is 0.273 e.